The number of aliphatic hydroxyl groups is 2. The van der Waals surface area contributed by atoms with Gasteiger partial charge in [-0.05, 0) is 26.8 Å². The summed E-state index contributed by atoms with van der Waals surface area (Å²) in [6, 6.07) is 3.91. The van der Waals surface area contributed by atoms with Crippen molar-refractivity contribution in [1.82, 2.24) is 0 Å². The first kappa shape index (κ1) is 17.1. The second kappa shape index (κ2) is 6.64. The average Bonchev–Trinajstić information content (AvgIpc) is 2.36. The molecule has 7 nitrogen and oxygen atoms in total. The van der Waals surface area contributed by atoms with Gasteiger partial charge in [-0.3, -0.25) is 10.1 Å². The van der Waals surface area contributed by atoms with Crippen LogP contribution in [-0.4, -0.2) is 39.4 Å². The number of nitrogens with zero attached hydrogens (tertiary/aromatic N) is 1. The Bertz CT molecular complexity index is 535. The molecule has 0 bridgehead atoms. The maximum absolute atomic E-state index is 11.9. The predicted molar refractivity (Wildman–Crippen MR) is 75.1 cm³/mol. The Morgan fingerprint density at radius 3 is 2.52 bits per heavy atom. The molecule has 0 fully saturated rings. The molecular weight excluding hydrogens is 278 g/mol. The fraction of sp³-hybridized carbons (Fsp3) is 0.500. The van der Waals surface area contributed by atoms with Gasteiger partial charge in [0.05, 0.1) is 23.2 Å². The molecule has 0 heterocycles. The Hall–Kier alpha value is -1.99. The summed E-state index contributed by atoms with van der Waals surface area (Å²) in [7, 11) is 0. The molecule has 1 unspecified atom stereocenters. The molecule has 21 heavy (non-hydrogen) atoms. The van der Waals surface area contributed by atoms with Gasteiger partial charge in [-0.2, -0.15) is 0 Å². The van der Waals surface area contributed by atoms with Crippen molar-refractivity contribution in [1.29, 1.82) is 0 Å². The number of ether oxygens (including phenoxy) is 1. The van der Waals surface area contributed by atoms with Gasteiger partial charge in [0.15, 0.2) is 0 Å². The average molecular weight is 297 g/mol. The van der Waals surface area contributed by atoms with E-state index in [-0.39, 0.29) is 23.2 Å². The normalized spacial score (nSPS) is 12.8. The van der Waals surface area contributed by atoms with Gasteiger partial charge in [0.25, 0.3) is 5.69 Å². The number of hydrogen-bond acceptors (Lipinski definition) is 6. The highest BCUT2D eigenvalue weighted by atomic mass is 16.6. The number of carbonyl (C=O) groups excluding carboxylic acids is 1. The Balaban J connectivity index is 3.08. The first-order valence-corrected chi connectivity index (χ1v) is 6.43. The number of nitro groups is 1. The smallest absolute Gasteiger partial charge is 0.338 e. The van der Waals surface area contributed by atoms with Gasteiger partial charge in [0.1, 0.15) is 5.60 Å². The van der Waals surface area contributed by atoms with Crippen LogP contribution < -0.4 is 0 Å². The zero-order valence-corrected chi connectivity index (χ0v) is 12.2. The number of esters is 1. The molecule has 2 N–H and O–H groups in total. The van der Waals surface area contributed by atoms with E-state index in [1.807, 2.05) is 0 Å². The monoisotopic (exact) mass is 297 g/mol. The molecule has 0 amide bonds. The van der Waals surface area contributed by atoms with E-state index in [1.165, 1.54) is 12.1 Å². The number of hydrogen-bond donors (Lipinski definition) is 2. The van der Waals surface area contributed by atoms with Crippen LogP contribution in [0.5, 0.6) is 0 Å². The summed E-state index contributed by atoms with van der Waals surface area (Å²) >= 11 is 0. The number of carbonyl (C=O) groups is 1. The molecule has 1 aromatic rings. The molecule has 0 saturated heterocycles. The molecule has 0 spiro atoms. The summed E-state index contributed by atoms with van der Waals surface area (Å²) in [6.07, 6.45) is -1.16. The molecule has 0 saturated carbocycles. The largest absolute Gasteiger partial charge is 0.456 e. The zero-order chi connectivity index (χ0) is 16.2. The van der Waals surface area contributed by atoms with Crippen LogP contribution in [-0.2, 0) is 11.2 Å². The molecule has 1 rings (SSSR count). The first-order chi connectivity index (χ1) is 9.64. The highest BCUT2D eigenvalue weighted by Gasteiger charge is 2.22. The molecule has 7 heteroatoms. The maximum Gasteiger partial charge on any atom is 0.338 e. The van der Waals surface area contributed by atoms with Crippen molar-refractivity contribution in [2.75, 3.05) is 6.61 Å². The molecule has 0 radical (unpaired) electrons. The van der Waals surface area contributed by atoms with E-state index in [0.717, 1.165) is 6.07 Å². The van der Waals surface area contributed by atoms with Gasteiger partial charge in [0, 0.05) is 18.1 Å². The highest BCUT2D eigenvalue weighted by Crippen LogP contribution is 2.23. The van der Waals surface area contributed by atoms with E-state index in [2.05, 4.69) is 0 Å². The summed E-state index contributed by atoms with van der Waals surface area (Å²) in [5.41, 5.74) is -0.670. The van der Waals surface area contributed by atoms with Gasteiger partial charge >= 0.3 is 5.97 Å². The Kier molecular flexibility index (Phi) is 5.40. The Morgan fingerprint density at radius 2 is 2.05 bits per heavy atom. The third-order valence-electron chi connectivity index (χ3n) is 2.58. The minimum Gasteiger partial charge on any atom is -0.456 e. The van der Waals surface area contributed by atoms with Crippen molar-refractivity contribution in [2.45, 2.75) is 38.9 Å². The fourth-order valence-electron chi connectivity index (χ4n) is 1.69. The van der Waals surface area contributed by atoms with Crippen molar-refractivity contribution < 1.29 is 24.7 Å². The van der Waals surface area contributed by atoms with Crippen LogP contribution in [0.15, 0.2) is 18.2 Å². The lowest BCUT2D eigenvalue weighted by Crippen LogP contribution is -2.24. The van der Waals surface area contributed by atoms with Crippen LogP contribution in [0.4, 0.5) is 5.69 Å². The SMILES string of the molecule is CC(C)(C)OC(=O)c1ccc(CC(O)CO)c([N+](=O)[O-])c1. The van der Waals surface area contributed by atoms with Crippen LogP contribution >= 0.6 is 0 Å². The van der Waals surface area contributed by atoms with E-state index in [4.69, 9.17) is 9.84 Å². The second-order valence-corrected chi connectivity index (χ2v) is 5.64. The first-order valence-electron chi connectivity index (χ1n) is 6.43. The van der Waals surface area contributed by atoms with Gasteiger partial charge < -0.3 is 14.9 Å². The number of nitro benzene ring substituents is 1. The van der Waals surface area contributed by atoms with Gasteiger partial charge in [-0.15, -0.1) is 0 Å². The summed E-state index contributed by atoms with van der Waals surface area (Å²) < 4.78 is 5.15. The topological polar surface area (TPSA) is 110 Å². The molecule has 116 valence electrons. The van der Waals surface area contributed by atoms with Crippen LogP contribution in [0, 0.1) is 10.1 Å². The maximum atomic E-state index is 11.9. The summed E-state index contributed by atoms with van der Waals surface area (Å²) in [5, 5.41) is 29.2. The van der Waals surface area contributed by atoms with E-state index in [0.29, 0.717) is 0 Å². The Labute approximate surface area is 122 Å². The number of rotatable bonds is 5. The van der Waals surface area contributed by atoms with Crippen LogP contribution in [0.25, 0.3) is 0 Å². The van der Waals surface area contributed by atoms with Crippen molar-refractivity contribution in [2.24, 2.45) is 0 Å². The molecule has 0 aromatic heterocycles. The Morgan fingerprint density at radius 1 is 1.43 bits per heavy atom. The van der Waals surface area contributed by atoms with Gasteiger partial charge in [-0.1, -0.05) is 6.07 Å². The molecule has 0 aliphatic rings. The van der Waals surface area contributed by atoms with E-state index in [1.54, 1.807) is 20.8 Å². The lowest BCUT2D eigenvalue weighted by molar-refractivity contribution is -0.385. The summed E-state index contributed by atoms with van der Waals surface area (Å²) in [6.45, 7) is 4.60. The minimum absolute atomic E-state index is 0.0680. The third kappa shape index (κ3) is 5.13. The number of benzene rings is 1. The standard InChI is InChI=1S/C14H19NO6/c1-14(2,3)21-13(18)10-5-4-9(6-11(17)8-16)12(7-10)15(19)20/h4-5,7,11,16-17H,6,8H2,1-3H3. The molecule has 0 aliphatic carbocycles. The third-order valence-corrected chi connectivity index (χ3v) is 2.58. The van der Waals surface area contributed by atoms with Crippen molar-refractivity contribution in [3.8, 4) is 0 Å². The van der Waals surface area contributed by atoms with Crippen molar-refractivity contribution in [3.63, 3.8) is 0 Å². The van der Waals surface area contributed by atoms with Crippen LogP contribution in [0.2, 0.25) is 0 Å². The van der Waals surface area contributed by atoms with Gasteiger partial charge in [0.2, 0.25) is 0 Å². The van der Waals surface area contributed by atoms with Crippen molar-refractivity contribution >= 4 is 11.7 Å². The van der Waals surface area contributed by atoms with Crippen LogP contribution in [0.3, 0.4) is 0 Å². The van der Waals surface area contributed by atoms with Crippen LogP contribution in [0.1, 0.15) is 36.7 Å². The quantitative estimate of drug-likeness (QED) is 0.483. The second-order valence-electron chi connectivity index (χ2n) is 5.64. The highest BCUT2D eigenvalue weighted by molar-refractivity contribution is 5.90. The molecule has 0 aliphatic heterocycles. The lowest BCUT2D eigenvalue weighted by Gasteiger charge is -2.19. The zero-order valence-electron chi connectivity index (χ0n) is 12.2. The molecular formula is C14H19NO6. The molecule has 1 aromatic carbocycles. The van der Waals surface area contributed by atoms with E-state index in [9.17, 15) is 20.0 Å². The predicted octanol–water partition coefficient (Wildman–Crippen LogP) is 1.45. The minimum atomic E-state index is -1.09. The van der Waals surface area contributed by atoms with E-state index >= 15 is 0 Å². The van der Waals surface area contributed by atoms with E-state index < -0.39 is 29.2 Å². The van der Waals surface area contributed by atoms with Crippen molar-refractivity contribution in [3.05, 3.63) is 39.4 Å². The lowest BCUT2D eigenvalue weighted by atomic mass is 10.0. The fourth-order valence-corrected chi connectivity index (χ4v) is 1.69. The van der Waals surface area contributed by atoms with Gasteiger partial charge in [-0.25, -0.2) is 4.79 Å². The number of aliphatic hydroxyl groups excluding tert-OH is 2. The summed E-state index contributed by atoms with van der Waals surface area (Å²) in [4.78, 5) is 22.3. The summed E-state index contributed by atoms with van der Waals surface area (Å²) in [5.74, 6) is -0.653. The molecule has 1 atom stereocenters.